The van der Waals surface area contributed by atoms with E-state index in [4.69, 9.17) is 17.0 Å². The Kier molecular flexibility index (Phi) is 8.61. The Morgan fingerprint density at radius 1 is 0.675 bits per heavy atom. The first-order valence-electron chi connectivity index (χ1n) is 16.4. The van der Waals surface area contributed by atoms with Crippen LogP contribution in [0, 0.1) is 35.5 Å². The molecule has 0 atom stereocenters. The number of hydrogen-bond acceptors (Lipinski definition) is 1. The van der Waals surface area contributed by atoms with Crippen LogP contribution >= 0.6 is 17.9 Å². The van der Waals surface area contributed by atoms with Crippen molar-refractivity contribution in [2.24, 2.45) is 35.5 Å². The fourth-order valence-electron chi connectivity index (χ4n) is 11.7. The molecule has 218 valence electrons. The molecule has 0 aliphatic heterocycles. The Balaban J connectivity index is 0.000000176. The molecule has 2 aromatic carbocycles. The molecule has 40 heavy (non-hydrogen) atoms. The first-order chi connectivity index (χ1) is 18.9. The van der Waals surface area contributed by atoms with E-state index in [0.717, 1.165) is 46.8 Å². The zero-order chi connectivity index (χ0) is 26.7. The first-order valence-corrected chi connectivity index (χ1v) is 19.3. The number of anilines is 1. The average molecular weight is 670 g/mol. The quantitative estimate of drug-likeness (QED) is 0.185. The fourth-order valence-corrected chi connectivity index (χ4v) is 19.3. The maximum absolute atomic E-state index is 8.27. The van der Waals surface area contributed by atoms with Crippen LogP contribution in [0.5, 0.6) is 0 Å². The van der Waals surface area contributed by atoms with Gasteiger partial charge in [-0.1, -0.05) is 61.9 Å². The normalized spacial score (nSPS) is 39.6. The van der Waals surface area contributed by atoms with Gasteiger partial charge >= 0.3 is 20.4 Å². The van der Waals surface area contributed by atoms with E-state index in [-0.39, 0.29) is 20.4 Å². The van der Waals surface area contributed by atoms with Crippen LogP contribution in [0.4, 0.5) is 5.69 Å². The molecule has 2 N–H and O–H groups in total. The van der Waals surface area contributed by atoms with E-state index in [0.29, 0.717) is 10.3 Å². The average Bonchev–Trinajstić information content (AvgIpc) is 2.91. The third-order valence-electron chi connectivity index (χ3n) is 12.4. The number of para-hydroxylation sites is 1. The Hall–Kier alpha value is -0.378. The van der Waals surface area contributed by atoms with Crippen molar-refractivity contribution in [3.63, 3.8) is 0 Å². The molecule has 4 heteroatoms. The molecule has 0 saturated heterocycles. The van der Waals surface area contributed by atoms with Gasteiger partial charge in [0.15, 0.2) is 0 Å². The van der Waals surface area contributed by atoms with Crippen molar-refractivity contribution in [1.29, 1.82) is 0 Å². The summed E-state index contributed by atoms with van der Waals surface area (Å²) in [5.74, 6) is 6.39. The molecule has 0 aromatic heterocycles. The molecule has 8 aliphatic carbocycles. The summed E-state index contributed by atoms with van der Waals surface area (Å²) in [4.78, 5) is 0. The van der Waals surface area contributed by atoms with Gasteiger partial charge in [0.2, 0.25) is 0 Å². The summed E-state index contributed by atoms with van der Waals surface area (Å²) in [6.07, 6.45) is 23.0. The van der Waals surface area contributed by atoms with Crippen LogP contribution in [0.25, 0.3) is 11.1 Å². The molecule has 1 nitrogen and oxygen atoms in total. The molecule has 0 amide bonds. The molecule has 8 saturated carbocycles. The maximum atomic E-state index is 8.27. The molecule has 0 spiro atoms. The van der Waals surface area contributed by atoms with Gasteiger partial charge < -0.3 is 5.73 Å². The fraction of sp³-hybridized carbons (Fsp3) is 0.667. The van der Waals surface area contributed by atoms with E-state index in [1.54, 1.807) is 77.0 Å². The molecule has 2 aromatic rings. The molecule has 8 bridgehead atoms. The SMILES string of the molecule is CCCC[P+](Cl)(C12CC3CC(CC(C3)C1)C2)C12CC3CC(CC(C3)C1)C2.Nc1ccccc1-c1ccccc1.[Pd+2]. The topological polar surface area (TPSA) is 26.0 Å². The Labute approximate surface area is 263 Å². The van der Waals surface area contributed by atoms with Crippen molar-refractivity contribution in [2.75, 3.05) is 11.9 Å². The number of hydrogen-bond donors (Lipinski definition) is 1. The monoisotopic (exact) mass is 668 g/mol. The third-order valence-corrected chi connectivity index (χ3v) is 20.1. The summed E-state index contributed by atoms with van der Waals surface area (Å²) in [6.45, 7) is 0.991. The van der Waals surface area contributed by atoms with Crippen LogP contribution in [0.2, 0.25) is 0 Å². The van der Waals surface area contributed by atoms with Gasteiger partial charge in [-0.3, -0.25) is 0 Å². The van der Waals surface area contributed by atoms with Gasteiger partial charge in [0.25, 0.3) is 0 Å². The Morgan fingerprint density at radius 3 is 1.48 bits per heavy atom. The molecule has 0 unspecified atom stereocenters. The summed E-state index contributed by atoms with van der Waals surface area (Å²) >= 11 is 8.27. The van der Waals surface area contributed by atoms with Gasteiger partial charge in [0.05, 0.1) is 27.7 Å². The van der Waals surface area contributed by atoms with E-state index in [1.807, 2.05) is 42.5 Å². The second-order valence-corrected chi connectivity index (χ2v) is 20.5. The smallest absolute Gasteiger partial charge is 0.398 e. The van der Waals surface area contributed by atoms with Crippen LogP contribution in [-0.2, 0) is 20.4 Å². The van der Waals surface area contributed by atoms with Crippen molar-refractivity contribution in [2.45, 2.75) is 107 Å². The van der Waals surface area contributed by atoms with Crippen LogP contribution in [0.1, 0.15) is 96.8 Å². The van der Waals surface area contributed by atoms with Crippen molar-refractivity contribution in [3.8, 4) is 11.1 Å². The molecular formula is C36H50ClNPPd+3. The predicted octanol–water partition coefficient (Wildman–Crippen LogP) is 10.8. The van der Waals surface area contributed by atoms with Gasteiger partial charge in [0, 0.05) is 11.3 Å². The number of nitrogens with two attached hydrogens (primary N) is 1. The Bertz CT molecular complexity index is 1050. The summed E-state index contributed by atoms with van der Waals surface area (Å²) in [5, 5.41) is 1.26. The summed E-state index contributed by atoms with van der Waals surface area (Å²) in [7, 11) is 0. The molecule has 0 radical (unpaired) electrons. The largest absolute Gasteiger partial charge is 2.00 e. The molecule has 0 heterocycles. The summed E-state index contributed by atoms with van der Waals surface area (Å²) in [6, 6.07) is 18.1. The van der Waals surface area contributed by atoms with Gasteiger partial charge in [0.1, 0.15) is 6.62 Å². The minimum Gasteiger partial charge on any atom is -0.398 e. The van der Waals surface area contributed by atoms with E-state index in [2.05, 4.69) is 19.1 Å². The zero-order valence-electron chi connectivity index (χ0n) is 24.5. The van der Waals surface area contributed by atoms with Crippen LogP contribution < -0.4 is 5.73 Å². The van der Waals surface area contributed by atoms with Crippen LogP contribution in [-0.4, -0.2) is 16.5 Å². The van der Waals surface area contributed by atoms with Crippen molar-refractivity contribution in [3.05, 3.63) is 54.6 Å². The van der Waals surface area contributed by atoms with E-state index >= 15 is 0 Å². The molecule has 8 fully saturated rings. The van der Waals surface area contributed by atoms with E-state index in [9.17, 15) is 0 Å². The van der Waals surface area contributed by atoms with Crippen molar-refractivity contribution >= 4 is 23.5 Å². The number of unbranched alkanes of at least 4 members (excludes halogenated alkanes) is 1. The second-order valence-electron chi connectivity index (χ2n) is 15.0. The maximum Gasteiger partial charge on any atom is 2.00 e. The van der Waals surface area contributed by atoms with Crippen molar-refractivity contribution in [1.82, 2.24) is 0 Å². The van der Waals surface area contributed by atoms with Crippen LogP contribution in [0.3, 0.4) is 0 Å². The number of nitrogen functional groups attached to an aromatic ring is 1. The second kappa shape index (κ2) is 11.6. The van der Waals surface area contributed by atoms with Gasteiger partial charge in [-0.25, -0.2) is 0 Å². The van der Waals surface area contributed by atoms with Gasteiger partial charge in [-0.05, 0) is 131 Å². The van der Waals surface area contributed by atoms with E-state index in [1.165, 1.54) is 24.6 Å². The summed E-state index contributed by atoms with van der Waals surface area (Å²) in [5.41, 5.74) is 8.95. The van der Waals surface area contributed by atoms with Gasteiger partial charge in [-0.2, -0.15) is 0 Å². The number of rotatable bonds is 6. The van der Waals surface area contributed by atoms with E-state index < -0.39 is 6.62 Å². The predicted molar refractivity (Wildman–Crippen MR) is 171 cm³/mol. The zero-order valence-corrected chi connectivity index (χ0v) is 27.7. The molecular weight excluding hydrogens is 619 g/mol. The van der Waals surface area contributed by atoms with Crippen LogP contribution in [0.15, 0.2) is 54.6 Å². The minimum absolute atomic E-state index is 0. The summed E-state index contributed by atoms with van der Waals surface area (Å²) < 4.78 is 0. The van der Waals surface area contributed by atoms with Gasteiger partial charge in [-0.15, -0.1) is 0 Å². The third kappa shape index (κ3) is 5.08. The standard InChI is InChI=1S/C24H39ClP.C12H11N.Pd/c1-2-3-4-26(25,23-11-17-5-18(12-23)7-19(6-17)13-23)24-14-20-8-21(15-24)10-22(9-20)16-24;13-12-9-5-4-8-11(12)10-6-2-1-3-7-10;/h17-22H,2-16H2,1H3;1-9H,13H2;/q+1;;+2. The first kappa shape index (κ1) is 29.7. The Morgan fingerprint density at radius 2 is 1.07 bits per heavy atom. The number of halogens is 1. The van der Waals surface area contributed by atoms with Crippen molar-refractivity contribution < 1.29 is 20.4 Å². The molecule has 10 rings (SSSR count). The molecule has 8 aliphatic rings. The minimum atomic E-state index is -1.41. The number of benzene rings is 2.